The van der Waals surface area contributed by atoms with Crippen LogP contribution in [-0.2, 0) is 17.8 Å². The van der Waals surface area contributed by atoms with Crippen molar-refractivity contribution in [3.63, 3.8) is 0 Å². The summed E-state index contributed by atoms with van der Waals surface area (Å²) in [6, 6.07) is 9.52. The number of hydrogen-bond acceptors (Lipinski definition) is 4. The number of amides is 1. The van der Waals surface area contributed by atoms with Gasteiger partial charge in [-0.25, -0.2) is 0 Å². The van der Waals surface area contributed by atoms with Crippen LogP contribution in [0.25, 0.3) is 0 Å². The van der Waals surface area contributed by atoms with E-state index in [-0.39, 0.29) is 12.7 Å². The van der Waals surface area contributed by atoms with E-state index in [4.69, 9.17) is 9.47 Å². The van der Waals surface area contributed by atoms with Crippen LogP contribution in [0, 0.1) is 0 Å². The lowest BCUT2D eigenvalue weighted by Crippen LogP contribution is -2.22. The zero-order chi connectivity index (χ0) is 14.5. The van der Waals surface area contributed by atoms with E-state index >= 15 is 0 Å². The van der Waals surface area contributed by atoms with Gasteiger partial charge in [-0.1, -0.05) is 12.1 Å². The molecular formula is C16H16N2O3. The Morgan fingerprint density at radius 2 is 2.10 bits per heavy atom. The summed E-state index contributed by atoms with van der Waals surface area (Å²) in [5.41, 5.74) is 2.06. The summed E-state index contributed by atoms with van der Waals surface area (Å²) in [6.45, 7) is 0.749. The van der Waals surface area contributed by atoms with Gasteiger partial charge in [0.15, 0.2) is 11.5 Å². The Morgan fingerprint density at radius 3 is 2.95 bits per heavy atom. The van der Waals surface area contributed by atoms with E-state index in [0.29, 0.717) is 19.4 Å². The van der Waals surface area contributed by atoms with Crippen LogP contribution in [-0.4, -0.2) is 17.7 Å². The van der Waals surface area contributed by atoms with Gasteiger partial charge in [0.25, 0.3) is 0 Å². The van der Waals surface area contributed by atoms with Crippen LogP contribution in [0.5, 0.6) is 11.5 Å². The molecule has 0 saturated carbocycles. The molecule has 108 valence electrons. The van der Waals surface area contributed by atoms with Crippen LogP contribution in [0.1, 0.15) is 17.5 Å². The van der Waals surface area contributed by atoms with Gasteiger partial charge in [-0.2, -0.15) is 0 Å². The second-order valence-corrected chi connectivity index (χ2v) is 4.83. The first kappa shape index (κ1) is 13.4. The first-order chi connectivity index (χ1) is 10.3. The topological polar surface area (TPSA) is 60.5 Å². The predicted molar refractivity (Wildman–Crippen MR) is 77.0 cm³/mol. The third kappa shape index (κ3) is 3.51. The third-order valence-corrected chi connectivity index (χ3v) is 3.29. The van der Waals surface area contributed by atoms with Crippen molar-refractivity contribution in [3.8, 4) is 11.5 Å². The number of ether oxygens (including phenoxy) is 2. The summed E-state index contributed by atoms with van der Waals surface area (Å²) in [4.78, 5) is 15.9. The number of hydrogen-bond donors (Lipinski definition) is 1. The maximum atomic E-state index is 11.8. The quantitative estimate of drug-likeness (QED) is 0.913. The SMILES string of the molecule is O=C(CCc1cccnc1)NCc1ccc2c(c1)OCO2. The van der Waals surface area contributed by atoms with Gasteiger partial charge in [0.2, 0.25) is 12.7 Å². The van der Waals surface area contributed by atoms with E-state index in [9.17, 15) is 4.79 Å². The highest BCUT2D eigenvalue weighted by atomic mass is 16.7. The molecule has 0 bridgehead atoms. The maximum Gasteiger partial charge on any atom is 0.231 e. The number of benzene rings is 1. The van der Waals surface area contributed by atoms with Crippen LogP contribution >= 0.6 is 0 Å². The van der Waals surface area contributed by atoms with Crippen LogP contribution in [0.3, 0.4) is 0 Å². The molecule has 21 heavy (non-hydrogen) atoms. The number of pyridine rings is 1. The highest BCUT2D eigenvalue weighted by molar-refractivity contribution is 5.76. The van der Waals surface area contributed by atoms with E-state index in [1.54, 1.807) is 12.4 Å². The molecule has 5 nitrogen and oxygen atoms in total. The molecule has 1 aromatic heterocycles. The fraction of sp³-hybridized carbons (Fsp3) is 0.250. The van der Waals surface area contributed by atoms with Crippen LogP contribution in [0.2, 0.25) is 0 Å². The number of carbonyl (C=O) groups is 1. The Balaban J connectivity index is 1.47. The van der Waals surface area contributed by atoms with Gasteiger partial charge >= 0.3 is 0 Å². The molecule has 1 aromatic carbocycles. The van der Waals surface area contributed by atoms with Crippen molar-refractivity contribution in [2.24, 2.45) is 0 Å². The van der Waals surface area contributed by atoms with Gasteiger partial charge < -0.3 is 14.8 Å². The van der Waals surface area contributed by atoms with Gasteiger partial charge in [0.1, 0.15) is 0 Å². The van der Waals surface area contributed by atoms with E-state index in [0.717, 1.165) is 22.6 Å². The minimum Gasteiger partial charge on any atom is -0.454 e. The molecule has 0 unspecified atom stereocenters. The predicted octanol–water partition coefficient (Wildman–Crippen LogP) is 2.06. The number of aromatic nitrogens is 1. The van der Waals surface area contributed by atoms with Crippen molar-refractivity contribution < 1.29 is 14.3 Å². The van der Waals surface area contributed by atoms with Crippen molar-refractivity contribution in [1.82, 2.24) is 10.3 Å². The van der Waals surface area contributed by atoms with Gasteiger partial charge in [0, 0.05) is 25.4 Å². The van der Waals surface area contributed by atoms with E-state index in [1.807, 2.05) is 30.3 Å². The Bertz CT molecular complexity index is 629. The zero-order valence-electron chi connectivity index (χ0n) is 11.5. The average Bonchev–Trinajstić information content (AvgIpc) is 2.99. The van der Waals surface area contributed by atoms with E-state index < -0.39 is 0 Å². The summed E-state index contributed by atoms with van der Waals surface area (Å²) in [5, 5.41) is 2.90. The molecule has 0 fully saturated rings. The second kappa shape index (κ2) is 6.26. The fourth-order valence-electron chi connectivity index (χ4n) is 2.14. The van der Waals surface area contributed by atoms with Crippen LogP contribution in [0.15, 0.2) is 42.7 Å². The first-order valence-corrected chi connectivity index (χ1v) is 6.85. The smallest absolute Gasteiger partial charge is 0.231 e. The second-order valence-electron chi connectivity index (χ2n) is 4.83. The molecule has 0 aliphatic carbocycles. The number of aryl methyl sites for hydroxylation is 1. The molecular weight excluding hydrogens is 268 g/mol. The Labute approximate surface area is 122 Å². The molecule has 2 heterocycles. The van der Waals surface area contributed by atoms with Gasteiger partial charge in [-0.3, -0.25) is 9.78 Å². The zero-order valence-corrected chi connectivity index (χ0v) is 11.5. The molecule has 3 rings (SSSR count). The number of rotatable bonds is 5. The van der Waals surface area contributed by atoms with Crippen molar-refractivity contribution in [2.45, 2.75) is 19.4 Å². The Kier molecular flexibility index (Phi) is 4.00. The lowest BCUT2D eigenvalue weighted by molar-refractivity contribution is -0.121. The molecule has 0 atom stereocenters. The third-order valence-electron chi connectivity index (χ3n) is 3.29. The number of nitrogens with one attached hydrogen (secondary N) is 1. The summed E-state index contributed by atoms with van der Waals surface area (Å²) in [6.07, 6.45) is 4.66. The molecule has 5 heteroatoms. The van der Waals surface area contributed by atoms with Crippen molar-refractivity contribution in [1.29, 1.82) is 0 Å². The molecule has 1 aliphatic heterocycles. The largest absolute Gasteiger partial charge is 0.454 e. The van der Waals surface area contributed by atoms with Crippen molar-refractivity contribution >= 4 is 5.91 Å². The van der Waals surface area contributed by atoms with Crippen LogP contribution in [0.4, 0.5) is 0 Å². The average molecular weight is 284 g/mol. The van der Waals surface area contributed by atoms with Crippen molar-refractivity contribution in [3.05, 3.63) is 53.9 Å². The number of nitrogens with zero attached hydrogens (tertiary/aromatic N) is 1. The summed E-state index contributed by atoms with van der Waals surface area (Å²) >= 11 is 0. The Morgan fingerprint density at radius 1 is 1.19 bits per heavy atom. The molecule has 1 aliphatic rings. The standard InChI is InChI=1S/C16H16N2O3/c19-16(6-4-12-2-1-7-17-9-12)18-10-13-3-5-14-15(8-13)21-11-20-14/h1-3,5,7-9H,4,6,10-11H2,(H,18,19). The minimum atomic E-state index is 0.0246. The fourth-order valence-corrected chi connectivity index (χ4v) is 2.14. The van der Waals surface area contributed by atoms with Gasteiger partial charge in [-0.05, 0) is 35.7 Å². The monoisotopic (exact) mass is 284 g/mol. The van der Waals surface area contributed by atoms with Gasteiger partial charge in [0.05, 0.1) is 0 Å². The highest BCUT2D eigenvalue weighted by Gasteiger charge is 2.13. The normalized spacial score (nSPS) is 12.2. The summed E-state index contributed by atoms with van der Waals surface area (Å²) < 4.78 is 10.6. The van der Waals surface area contributed by atoms with Gasteiger partial charge in [-0.15, -0.1) is 0 Å². The molecule has 0 spiro atoms. The first-order valence-electron chi connectivity index (χ1n) is 6.85. The van der Waals surface area contributed by atoms with E-state index in [2.05, 4.69) is 10.3 Å². The minimum absolute atomic E-state index is 0.0246. The highest BCUT2D eigenvalue weighted by Crippen LogP contribution is 2.32. The molecule has 1 N–H and O–H groups in total. The Hall–Kier alpha value is -2.56. The lowest BCUT2D eigenvalue weighted by atomic mass is 10.1. The number of fused-ring (bicyclic) bond motifs is 1. The summed E-state index contributed by atoms with van der Waals surface area (Å²) in [5.74, 6) is 1.51. The molecule has 2 aromatic rings. The van der Waals surface area contributed by atoms with Crippen LogP contribution < -0.4 is 14.8 Å². The lowest BCUT2D eigenvalue weighted by Gasteiger charge is -2.06. The number of carbonyl (C=O) groups excluding carboxylic acids is 1. The molecule has 1 amide bonds. The molecule has 0 radical (unpaired) electrons. The van der Waals surface area contributed by atoms with Crippen molar-refractivity contribution in [2.75, 3.05) is 6.79 Å². The maximum absolute atomic E-state index is 11.8. The van der Waals surface area contributed by atoms with E-state index in [1.165, 1.54) is 0 Å². The molecule has 0 saturated heterocycles. The summed E-state index contributed by atoms with van der Waals surface area (Å²) in [7, 11) is 0.